The zero-order valence-electron chi connectivity index (χ0n) is 18.8. The second kappa shape index (κ2) is 12.1. The van der Waals surface area contributed by atoms with Crippen LogP contribution in [0.15, 0.2) is 22.6 Å². The van der Waals surface area contributed by atoms with Gasteiger partial charge in [0.1, 0.15) is 11.5 Å². The maximum atomic E-state index is 14.8. The molecular weight excluding hydrogens is 424 g/mol. The van der Waals surface area contributed by atoms with E-state index in [9.17, 15) is 18.4 Å². The van der Waals surface area contributed by atoms with Gasteiger partial charge in [0.05, 0.1) is 26.9 Å². The number of amides is 1. The van der Waals surface area contributed by atoms with Gasteiger partial charge in [-0.3, -0.25) is 9.59 Å². The van der Waals surface area contributed by atoms with Crippen molar-refractivity contribution in [3.8, 4) is 11.5 Å². The highest BCUT2D eigenvalue weighted by Gasteiger charge is 2.27. The summed E-state index contributed by atoms with van der Waals surface area (Å²) < 4.78 is 49.0. The predicted octanol–water partition coefficient (Wildman–Crippen LogP) is 4.30. The molecule has 1 amide bonds. The molecule has 2 rings (SSSR count). The number of ether oxygens (including phenoxy) is 3. The second-order valence-corrected chi connectivity index (χ2v) is 7.23. The molecule has 7 nitrogen and oxygen atoms in total. The number of hydrogen-bond donors (Lipinski definition) is 0. The van der Waals surface area contributed by atoms with Crippen LogP contribution in [0, 0.1) is 18.6 Å². The predicted molar refractivity (Wildman–Crippen MR) is 113 cm³/mol. The smallest absolute Gasteiger partial charge is 0.305 e. The van der Waals surface area contributed by atoms with Gasteiger partial charge in [-0.25, -0.2) is 4.39 Å². The molecule has 0 radical (unpaired) electrons. The quantitative estimate of drug-likeness (QED) is 0.352. The van der Waals surface area contributed by atoms with Crippen LogP contribution in [-0.4, -0.2) is 51.2 Å². The molecular formula is C23H29F2NO6. The van der Waals surface area contributed by atoms with E-state index in [2.05, 4.69) is 4.74 Å². The Labute approximate surface area is 186 Å². The molecule has 32 heavy (non-hydrogen) atoms. The normalized spacial score (nSPS) is 10.7. The number of unbranched alkanes of at least 4 members (excludes halogenated alkanes) is 1. The lowest BCUT2D eigenvalue weighted by Crippen LogP contribution is -2.34. The average molecular weight is 453 g/mol. The van der Waals surface area contributed by atoms with E-state index in [0.29, 0.717) is 32.2 Å². The van der Waals surface area contributed by atoms with Crippen LogP contribution in [0.4, 0.5) is 8.78 Å². The molecule has 0 atom stereocenters. The Bertz CT molecular complexity index is 927. The molecule has 9 heteroatoms. The van der Waals surface area contributed by atoms with Crippen LogP contribution in [0.25, 0.3) is 0 Å². The van der Waals surface area contributed by atoms with Gasteiger partial charge in [0.25, 0.3) is 5.91 Å². The SMILES string of the molecule is COC(=O)CCCCN(CCCc1ccc(C)o1)C(=O)c1cc(OC)c(F)c(OC)c1F. The summed E-state index contributed by atoms with van der Waals surface area (Å²) in [7, 11) is 3.65. The van der Waals surface area contributed by atoms with E-state index >= 15 is 0 Å². The topological polar surface area (TPSA) is 78.2 Å². The zero-order valence-corrected chi connectivity index (χ0v) is 18.8. The molecule has 0 saturated heterocycles. The Morgan fingerprint density at radius 1 is 1.00 bits per heavy atom. The Morgan fingerprint density at radius 2 is 1.72 bits per heavy atom. The van der Waals surface area contributed by atoms with Gasteiger partial charge in [-0.1, -0.05) is 0 Å². The summed E-state index contributed by atoms with van der Waals surface area (Å²) in [5, 5.41) is 0. The summed E-state index contributed by atoms with van der Waals surface area (Å²) >= 11 is 0. The fourth-order valence-electron chi connectivity index (χ4n) is 3.29. The Hall–Kier alpha value is -3.10. The van der Waals surface area contributed by atoms with Crippen molar-refractivity contribution in [2.24, 2.45) is 0 Å². The third-order valence-corrected chi connectivity index (χ3v) is 5.00. The number of esters is 1. The second-order valence-electron chi connectivity index (χ2n) is 7.23. The van der Waals surface area contributed by atoms with Crippen molar-refractivity contribution in [3.63, 3.8) is 0 Å². The van der Waals surface area contributed by atoms with E-state index < -0.39 is 23.3 Å². The molecule has 0 N–H and O–H groups in total. The van der Waals surface area contributed by atoms with Crippen molar-refractivity contribution in [3.05, 3.63) is 46.9 Å². The molecule has 0 aliphatic carbocycles. The van der Waals surface area contributed by atoms with Gasteiger partial charge in [0.15, 0.2) is 17.3 Å². The maximum absolute atomic E-state index is 14.8. The molecule has 1 aromatic heterocycles. The summed E-state index contributed by atoms with van der Waals surface area (Å²) in [4.78, 5) is 26.0. The fourth-order valence-corrected chi connectivity index (χ4v) is 3.29. The van der Waals surface area contributed by atoms with E-state index in [-0.39, 0.29) is 30.2 Å². The third-order valence-electron chi connectivity index (χ3n) is 5.00. The summed E-state index contributed by atoms with van der Waals surface area (Å²) in [6, 6.07) is 4.76. The number of furan rings is 1. The van der Waals surface area contributed by atoms with Gasteiger partial charge < -0.3 is 23.5 Å². The molecule has 0 bridgehead atoms. The summed E-state index contributed by atoms with van der Waals surface area (Å²) in [6.45, 7) is 2.45. The molecule has 0 aliphatic rings. The first kappa shape index (κ1) is 25.2. The monoisotopic (exact) mass is 453 g/mol. The number of aryl methyl sites for hydroxylation is 2. The molecule has 2 aromatic rings. The van der Waals surface area contributed by atoms with Gasteiger partial charge in [0.2, 0.25) is 5.82 Å². The number of methoxy groups -OCH3 is 3. The summed E-state index contributed by atoms with van der Waals surface area (Å²) in [5.74, 6) is -2.44. The molecule has 0 fully saturated rings. The lowest BCUT2D eigenvalue weighted by Gasteiger charge is -2.24. The Kier molecular flexibility index (Phi) is 9.49. The van der Waals surface area contributed by atoms with E-state index in [4.69, 9.17) is 13.9 Å². The van der Waals surface area contributed by atoms with E-state index in [1.54, 1.807) is 0 Å². The van der Waals surface area contributed by atoms with Crippen molar-refractivity contribution in [1.82, 2.24) is 4.90 Å². The van der Waals surface area contributed by atoms with Gasteiger partial charge in [-0.05, 0) is 44.4 Å². The largest absolute Gasteiger partial charge is 0.494 e. The molecule has 0 saturated carbocycles. The highest BCUT2D eigenvalue weighted by Crippen LogP contribution is 2.33. The first-order chi connectivity index (χ1) is 15.3. The van der Waals surface area contributed by atoms with Crippen molar-refractivity contribution in [2.45, 2.75) is 39.0 Å². The molecule has 1 heterocycles. The van der Waals surface area contributed by atoms with Gasteiger partial charge >= 0.3 is 5.97 Å². The number of halogens is 2. The van der Waals surface area contributed by atoms with Gasteiger partial charge in [0, 0.05) is 25.9 Å². The molecule has 0 unspecified atom stereocenters. The number of hydrogen-bond acceptors (Lipinski definition) is 6. The highest BCUT2D eigenvalue weighted by atomic mass is 19.1. The van der Waals surface area contributed by atoms with Crippen molar-refractivity contribution < 1.29 is 37.0 Å². The van der Waals surface area contributed by atoms with Crippen LogP contribution in [0.2, 0.25) is 0 Å². The Morgan fingerprint density at radius 3 is 2.31 bits per heavy atom. The number of benzene rings is 1. The van der Waals surface area contributed by atoms with Gasteiger partial charge in [-0.2, -0.15) is 4.39 Å². The van der Waals surface area contributed by atoms with Crippen LogP contribution in [-0.2, 0) is 16.0 Å². The number of nitrogens with zero attached hydrogens (tertiary/aromatic N) is 1. The number of carbonyl (C=O) groups is 2. The van der Waals surface area contributed by atoms with Crippen molar-refractivity contribution in [2.75, 3.05) is 34.4 Å². The minimum Gasteiger partial charge on any atom is -0.494 e. The van der Waals surface area contributed by atoms with Gasteiger partial charge in [-0.15, -0.1) is 0 Å². The third kappa shape index (κ3) is 6.45. The van der Waals surface area contributed by atoms with Crippen LogP contribution in [0.5, 0.6) is 11.5 Å². The Balaban J connectivity index is 2.18. The first-order valence-electron chi connectivity index (χ1n) is 10.3. The minimum absolute atomic E-state index is 0.219. The van der Waals surface area contributed by atoms with E-state index in [0.717, 1.165) is 24.7 Å². The number of carbonyl (C=O) groups excluding carboxylic acids is 2. The molecule has 0 spiro atoms. The standard InChI is InChI=1S/C23H29F2NO6/c1-15-10-11-16(32-15)8-7-13-26(12-6-5-9-19(27)30-3)23(28)17-14-18(29-2)21(25)22(31-4)20(17)24/h10-11,14H,5-9,12-13H2,1-4H3. The molecule has 1 aromatic carbocycles. The van der Waals surface area contributed by atoms with E-state index in [1.165, 1.54) is 19.1 Å². The maximum Gasteiger partial charge on any atom is 0.305 e. The average Bonchev–Trinajstić information content (AvgIpc) is 3.20. The highest BCUT2D eigenvalue weighted by molar-refractivity contribution is 5.95. The van der Waals surface area contributed by atoms with Crippen LogP contribution < -0.4 is 9.47 Å². The van der Waals surface area contributed by atoms with Crippen molar-refractivity contribution >= 4 is 11.9 Å². The van der Waals surface area contributed by atoms with Crippen LogP contribution in [0.1, 0.15) is 47.6 Å². The lowest BCUT2D eigenvalue weighted by molar-refractivity contribution is -0.140. The molecule has 176 valence electrons. The van der Waals surface area contributed by atoms with Crippen molar-refractivity contribution in [1.29, 1.82) is 0 Å². The number of rotatable bonds is 12. The first-order valence-corrected chi connectivity index (χ1v) is 10.3. The lowest BCUT2D eigenvalue weighted by atomic mass is 10.1. The summed E-state index contributed by atoms with van der Waals surface area (Å²) in [6.07, 6.45) is 2.41. The van der Waals surface area contributed by atoms with Crippen LogP contribution in [0.3, 0.4) is 0 Å². The fraction of sp³-hybridized carbons (Fsp3) is 0.478. The minimum atomic E-state index is -1.09. The zero-order chi connectivity index (χ0) is 23.7. The molecule has 0 aliphatic heterocycles. The van der Waals surface area contributed by atoms with E-state index in [1.807, 2.05) is 19.1 Å². The van der Waals surface area contributed by atoms with Crippen LogP contribution >= 0.6 is 0 Å². The summed E-state index contributed by atoms with van der Waals surface area (Å²) in [5.41, 5.74) is -0.345.